The zero-order chi connectivity index (χ0) is 11.5. The maximum Gasteiger partial charge on any atom is 0.00206 e. The van der Waals surface area contributed by atoms with Gasteiger partial charge in [0.15, 0.2) is 0 Å². The molecular weight excluding hydrogens is 208 g/mol. The Morgan fingerprint density at radius 2 is 1.24 bits per heavy atom. The number of piperidine rings is 1. The second-order valence-electron chi connectivity index (χ2n) is 5.38. The summed E-state index contributed by atoms with van der Waals surface area (Å²) in [4.78, 5) is 0. The third-order valence-electron chi connectivity index (χ3n) is 4.28. The van der Waals surface area contributed by atoms with E-state index in [1.54, 1.807) is 5.56 Å². The third kappa shape index (κ3) is 2.53. The van der Waals surface area contributed by atoms with Crippen molar-refractivity contribution in [3.8, 4) is 0 Å². The van der Waals surface area contributed by atoms with Gasteiger partial charge in [0.05, 0.1) is 0 Å². The van der Waals surface area contributed by atoms with Crippen molar-refractivity contribution in [3.05, 3.63) is 35.4 Å². The van der Waals surface area contributed by atoms with E-state index in [1.807, 2.05) is 0 Å². The summed E-state index contributed by atoms with van der Waals surface area (Å²) in [5, 5.41) is 6.87. The van der Waals surface area contributed by atoms with Crippen molar-refractivity contribution < 1.29 is 0 Å². The Morgan fingerprint density at radius 1 is 0.706 bits per heavy atom. The molecule has 0 amide bonds. The zero-order valence-electron chi connectivity index (χ0n) is 10.4. The van der Waals surface area contributed by atoms with Gasteiger partial charge in [-0.05, 0) is 61.9 Å². The van der Waals surface area contributed by atoms with Gasteiger partial charge >= 0.3 is 0 Å². The molecule has 3 rings (SSSR count). The summed E-state index contributed by atoms with van der Waals surface area (Å²) in [5.74, 6) is 1.53. The Hall–Kier alpha value is -0.860. The molecule has 2 aliphatic heterocycles. The highest BCUT2D eigenvalue weighted by Gasteiger charge is 2.18. The summed E-state index contributed by atoms with van der Waals surface area (Å²) in [6.45, 7) is 4.70. The fourth-order valence-electron chi connectivity index (χ4n) is 3.13. The molecule has 0 spiro atoms. The number of benzene rings is 1. The fraction of sp³-hybridized carbons (Fsp3) is 0.600. The third-order valence-corrected chi connectivity index (χ3v) is 4.28. The van der Waals surface area contributed by atoms with Gasteiger partial charge in [0.25, 0.3) is 0 Å². The monoisotopic (exact) mass is 230 g/mol. The van der Waals surface area contributed by atoms with E-state index >= 15 is 0 Å². The highest BCUT2D eigenvalue weighted by molar-refractivity contribution is 5.28. The van der Waals surface area contributed by atoms with Crippen LogP contribution in [0.4, 0.5) is 0 Å². The first-order valence-corrected chi connectivity index (χ1v) is 6.95. The smallest absolute Gasteiger partial charge is 0.00206 e. The minimum Gasteiger partial charge on any atom is -0.317 e. The average Bonchev–Trinajstić information content (AvgIpc) is 2.94. The van der Waals surface area contributed by atoms with E-state index in [-0.39, 0.29) is 0 Å². The maximum absolute atomic E-state index is 3.44. The summed E-state index contributed by atoms with van der Waals surface area (Å²) in [5.41, 5.74) is 3.06. The van der Waals surface area contributed by atoms with Crippen molar-refractivity contribution in [2.24, 2.45) is 0 Å². The molecule has 1 aromatic carbocycles. The molecule has 2 aliphatic rings. The van der Waals surface area contributed by atoms with Gasteiger partial charge in [-0.3, -0.25) is 0 Å². The molecule has 0 saturated carbocycles. The van der Waals surface area contributed by atoms with E-state index in [9.17, 15) is 0 Å². The van der Waals surface area contributed by atoms with Crippen molar-refractivity contribution >= 4 is 0 Å². The van der Waals surface area contributed by atoms with Crippen LogP contribution in [0.2, 0.25) is 0 Å². The van der Waals surface area contributed by atoms with Gasteiger partial charge in [-0.2, -0.15) is 0 Å². The van der Waals surface area contributed by atoms with E-state index in [2.05, 4.69) is 34.9 Å². The molecule has 1 atom stereocenters. The second-order valence-corrected chi connectivity index (χ2v) is 5.38. The molecule has 2 heteroatoms. The molecule has 92 valence electrons. The lowest BCUT2D eigenvalue weighted by atomic mass is 9.88. The van der Waals surface area contributed by atoms with Crippen molar-refractivity contribution in [2.75, 3.05) is 26.2 Å². The van der Waals surface area contributed by atoms with Crippen LogP contribution in [-0.2, 0) is 0 Å². The van der Waals surface area contributed by atoms with Gasteiger partial charge in [-0.1, -0.05) is 24.3 Å². The first-order chi connectivity index (χ1) is 8.43. The minimum absolute atomic E-state index is 0.747. The lowest BCUT2D eigenvalue weighted by Gasteiger charge is -2.23. The summed E-state index contributed by atoms with van der Waals surface area (Å²) in [7, 11) is 0. The fourth-order valence-corrected chi connectivity index (χ4v) is 3.13. The average molecular weight is 230 g/mol. The summed E-state index contributed by atoms with van der Waals surface area (Å²) in [6, 6.07) is 9.44. The Bertz CT molecular complexity index is 346. The second kappa shape index (κ2) is 5.19. The van der Waals surface area contributed by atoms with Crippen LogP contribution in [0.25, 0.3) is 0 Å². The molecule has 2 N–H and O–H groups in total. The molecule has 2 heterocycles. The van der Waals surface area contributed by atoms with E-state index in [1.165, 1.54) is 44.5 Å². The molecular formula is C15H22N2. The molecule has 17 heavy (non-hydrogen) atoms. The Kier molecular flexibility index (Phi) is 3.44. The highest BCUT2D eigenvalue weighted by atomic mass is 14.9. The summed E-state index contributed by atoms with van der Waals surface area (Å²) >= 11 is 0. The number of rotatable bonds is 2. The SMILES string of the molecule is c1cc(C2CCNC2)ccc1C1CCNCC1. The van der Waals surface area contributed by atoms with E-state index in [0.717, 1.165) is 18.4 Å². The molecule has 0 bridgehead atoms. The van der Waals surface area contributed by atoms with Crippen molar-refractivity contribution in [3.63, 3.8) is 0 Å². The van der Waals surface area contributed by atoms with Gasteiger partial charge in [0, 0.05) is 6.54 Å². The van der Waals surface area contributed by atoms with Gasteiger partial charge < -0.3 is 10.6 Å². The maximum atomic E-state index is 3.44. The van der Waals surface area contributed by atoms with Crippen molar-refractivity contribution in [1.82, 2.24) is 10.6 Å². The first kappa shape index (κ1) is 11.2. The Labute approximate surface area is 104 Å². The standard InChI is InChI=1S/C15H22N2/c1-3-13(15-7-10-17-11-15)4-2-12(1)14-5-8-16-9-6-14/h1-4,14-17H,5-11H2. The van der Waals surface area contributed by atoms with E-state index in [4.69, 9.17) is 0 Å². The first-order valence-electron chi connectivity index (χ1n) is 6.95. The van der Waals surface area contributed by atoms with Crippen LogP contribution >= 0.6 is 0 Å². The van der Waals surface area contributed by atoms with Gasteiger partial charge in [0.2, 0.25) is 0 Å². The van der Waals surface area contributed by atoms with Crippen LogP contribution in [0, 0.1) is 0 Å². The van der Waals surface area contributed by atoms with Crippen LogP contribution in [0.5, 0.6) is 0 Å². The van der Waals surface area contributed by atoms with Gasteiger partial charge in [0.1, 0.15) is 0 Å². The Morgan fingerprint density at radius 3 is 1.82 bits per heavy atom. The van der Waals surface area contributed by atoms with Crippen LogP contribution in [0.15, 0.2) is 24.3 Å². The van der Waals surface area contributed by atoms with E-state index in [0.29, 0.717) is 0 Å². The topological polar surface area (TPSA) is 24.1 Å². The normalized spacial score (nSPS) is 26.2. The largest absolute Gasteiger partial charge is 0.317 e. The number of hydrogen-bond donors (Lipinski definition) is 2. The molecule has 2 saturated heterocycles. The zero-order valence-corrected chi connectivity index (χ0v) is 10.4. The summed E-state index contributed by atoms with van der Waals surface area (Å²) < 4.78 is 0. The van der Waals surface area contributed by atoms with Crippen LogP contribution in [0.1, 0.15) is 42.2 Å². The van der Waals surface area contributed by atoms with Crippen molar-refractivity contribution in [1.29, 1.82) is 0 Å². The molecule has 1 unspecified atom stereocenters. The minimum atomic E-state index is 0.747. The van der Waals surface area contributed by atoms with Crippen LogP contribution < -0.4 is 10.6 Å². The van der Waals surface area contributed by atoms with Crippen LogP contribution in [0.3, 0.4) is 0 Å². The highest BCUT2D eigenvalue weighted by Crippen LogP contribution is 2.28. The lowest BCUT2D eigenvalue weighted by molar-refractivity contribution is 0.460. The van der Waals surface area contributed by atoms with E-state index < -0.39 is 0 Å². The number of nitrogens with one attached hydrogen (secondary N) is 2. The lowest BCUT2D eigenvalue weighted by Crippen LogP contribution is -2.26. The predicted molar refractivity (Wildman–Crippen MR) is 71.5 cm³/mol. The van der Waals surface area contributed by atoms with Crippen LogP contribution in [-0.4, -0.2) is 26.2 Å². The Balaban J connectivity index is 1.70. The van der Waals surface area contributed by atoms with Gasteiger partial charge in [-0.15, -0.1) is 0 Å². The molecule has 0 radical (unpaired) electrons. The predicted octanol–water partition coefficient (Wildman–Crippen LogP) is 2.23. The molecule has 1 aromatic rings. The number of hydrogen-bond acceptors (Lipinski definition) is 2. The van der Waals surface area contributed by atoms with Gasteiger partial charge in [-0.25, -0.2) is 0 Å². The molecule has 2 fully saturated rings. The summed E-state index contributed by atoms with van der Waals surface area (Å²) in [6.07, 6.45) is 3.89. The quantitative estimate of drug-likeness (QED) is 0.814. The van der Waals surface area contributed by atoms with Crippen molar-refractivity contribution in [2.45, 2.75) is 31.1 Å². The molecule has 0 aliphatic carbocycles. The molecule has 0 aromatic heterocycles. The molecule has 2 nitrogen and oxygen atoms in total.